The normalized spacial score (nSPS) is 21.4. The van der Waals surface area contributed by atoms with E-state index < -0.39 is 0 Å². The highest BCUT2D eigenvalue weighted by Crippen LogP contribution is 2.40. The van der Waals surface area contributed by atoms with Crippen molar-refractivity contribution in [3.8, 4) is 5.75 Å². The number of methoxy groups -OCH3 is 1. The Morgan fingerprint density at radius 3 is 2.44 bits per heavy atom. The van der Waals surface area contributed by atoms with Crippen molar-refractivity contribution in [2.24, 2.45) is 5.41 Å². The van der Waals surface area contributed by atoms with E-state index >= 15 is 0 Å². The lowest BCUT2D eigenvalue weighted by molar-refractivity contribution is 0.224. The average molecular weight is 246 g/mol. The third-order valence-corrected chi connectivity index (χ3v) is 4.45. The van der Waals surface area contributed by atoms with E-state index in [9.17, 15) is 0 Å². The van der Waals surface area contributed by atoms with Gasteiger partial charge in [0.1, 0.15) is 5.75 Å². The first kappa shape index (κ1) is 11.7. The number of anilines is 2. The van der Waals surface area contributed by atoms with Gasteiger partial charge in [-0.25, -0.2) is 0 Å². The molecule has 18 heavy (non-hydrogen) atoms. The van der Waals surface area contributed by atoms with Crippen molar-refractivity contribution in [3.05, 3.63) is 18.2 Å². The van der Waals surface area contributed by atoms with Crippen LogP contribution in [0.4, 0.5) is 11.4 Å². The summed E-state index contributed by atoms with van der Waals surface area (Å²) in [5.41, 5.74) is 2.83. The molecule has 3 nitrogen and oxygen atoms in total. The van der Waals surface area contributed by atoms with E-state index in [2.05, 4.69) is 22.8 Å². The zero-order valence-corrected chi connectivity index (χ0v) is 11.1. The van der Waals surface area contributed by atoms with Crippen LogP contribution in [-0.4, -0.2) is 20.2 Å². The summed E-state index contributed by atoms with van der Waals surface area (Å²) in [7, 11) is 1.72. The predicted octanol–water partition coefficient (Wildman–Crippen LogP) is 3.48. The second-order valence-electron chi connectivity index (χ2n) is 5.68. The lowest BCUT2D eigenvalue weighted by Gasteiger charge is -2.36. The van der Waals surface area contributed by atoms with Gasteiger partial charge in [0, 0.05) is 24.6 Å². The fourth-order valence-electron chi connectivity index (χ4n) is 3.23. The number of rotatable bonds is 1. The summed E-state index contributed by atoms with van der Waals surface area (Å²) in [6.07, 6.45) is 6.85. The second kappa shape index (κ2) is 4.71. The van der Waals surface area contributed by atoms with Crippen LogP contribution >= 0.6 is 0 Å². The van der Waals surface area contributed by atoms with Gasteiger partial charge in [-0.05, 0) is 25.0 Å². The first-order valence-electron chi connectivity index (χ1n) is 6.97. The van der Waals surface area contributed by atoms with Gasteiger partial charge in [-0.1, -0.05) is 19.3 Å². The highest BCUT2D eigenvalue weighted by Gasteiger charge is 2.33. The SMILES string of the molecule is COc1ccc2c(c1)NCC1(CCCCC1)CN2. The summed E-state index contributed by atoms with van der Waals surface area (Å²) >= 11 is 0. The molecule has 0 saturated heterocycles. The van der Waals surface area contributed by atoms with Crippen LogP contribution in [0.3, 0.4) is 0 Å². The summed E-state index contributed by atoms with van der Waals surface area (Å²) in [6.45, 7) is 2.18. The molecule has 3 heteroatoms. The Morgan fingerprint density at radius 2 is 1.72 bits per heavy atom. The molecule has 1 aliphatic heterocycles. The molecule has 2 aliphatic rings. The summed E-state index contributed by atoms with van der Waals surface area (Å²) in [4.78, 5) is 0. The first-order chi connectivity index (χ1) is 8.81. The number of hydrogen-bond acceptors (Lipinski definition) is 3. The molecule has 0 radical (unpaired) electrons. The molecule has 1 saturated carbocycles. The average Bonchev–Trinajstić information content (AvgIpc) is 2.60. The molecular formula is C15H22N2O. The third kappa shape index (κ3) is 2.14. The lowest BCUT2D eigenvalue weighted by Crippen LogP contribution is -2.36. The molecule has 2 N–H and O–H groups in total. The molecule has 0 aromatic heterocycles. The summed E-state index contributed by atoms with van der Waals surface area (Å²) < 4.78 is 5.29. The van der Waals surface area contributed by atoms with Crippen LogP contribution in [-0.2, 0) is 0 Å². The van der Waals surface area contributed by atoms with Crippen molar-refractivity contribution >= 4 is 11.4 Å². The highest BCUT2D eigenvalue weighted by atomic mass is 16.5. The van der Waals surface area contributed by atoms with Crippen molar-refractivity contribution in [1.82, 2.24) is 0 Å². The number of ether oxygens (including phenoxy) is 1. The van der Waals surface area contributed by atoms with Gasteiger partial charge in [0.25, 0.3) is 0 Å². The summed E-state index contributed by atoms with van der Waals surface area (Å²) in [5.74, 6) is 0.919. The van der Waals surface area contributed by atoms with Gasteiger partial charge in [-0.2, -0.15) is 0 Å². The number of nitrogens with one attached hydrogen (secondary N) is 2. The molecule has 0 atom stereocenters. The van der Waals surface area contributed by atoms with Crippen LogP contribution in [0.1, 0.15) is 32.1 Å². The van der Waals surface area contributed by atoms with Crippen LogP contribution in [0.2, 0.25) is 0 Å². The summed E-state index contributed by atoms with van der Waals surface area (Å²) in [6, 6.07) is 6.22. The van der Waals surface area contributed by atoms with Crippen molar-refractivity contribution in [3.63, 3.8) is 0 Å². The smallest absolute Gasteiger partial charge is 0.121 e. The molecule has 0 amide bonds. The molecule has 1 fully saturated rings. The van der Waals surface area contributed by atoms with E-state index in [-0.39, 0.29) is 0 Å². The van der Waals surface area contributed by atoms with Gasteiger partial charge in [-0.3, -0.25) is 0 Å². The molecule has 1 spiro atoms. The van der Waals surface area contributed by atoms with E-state index in [0.717, 1.165) is 18.8 Å². The highest BCUT2D eigenvalue weighted by molar-refractivity contribution is 5.71. The standard InChI is InChI=1S/C15H22N2O/c1-18-12-5-6-13-14(9-12)17-11-15(10-16-13)7-3-2-4-8-15/h5-6,9,16-17H,2-4,7-8,10-11H2,1H3. The Hall–Kier alpha value is -1.38. The maximum Gasteiger partial charge on any atom is 0.121 e. The van der Waals surface area contributed by atoms with Crippen LogP contribution in [0, 0.1) is 5.41 Å². The fraction of sp³-hybridized carbons (Fsp3) is 0.600. The Balaban J connectivity index is 1.81. The molecule has 1 heterocycles. The molecule has 1 aromatic carbocycles. The second-order valence-corrected chi connectivity index (χ2v) is 5.68. The van der Waals surface area contributed by atoms with Gasteiger partial charge in [0.05, 0.1) is 18.5 Å². The van der Waals surface area contributed by atoms with Gasteiger partial charge >= 0.3 is 0 Å². The maximum absolute atomic E-state index is 5.29. The van der Waals surface area contributed by atoms with Gasteiger partial charge in [-0.15, -0.1) is 0 Å². The molecule has 0 unspecified atom stereocenters. The molecule has 3 rings (SSSR count). The van der Waals surface area contributed by atoms with Crippen molar-refractivity contribution < 1.29 is 4.74 Å². The monoisotopic (exact) mass is 246 g/mol. The van der Waals surface area contributed by atoms with Crippen molar-refractivity contribution in [1.29, 1.82) is 0 Å². The Labute approximate surface area is 109 Å². The lowest BCUT2D eigenvalue weighted by atomic mass is 9.74. The van der Waals surface area contributed by atoms with Crippen LogP contribution < -0.4 is 15.4 Å². The molecule has 0 bridgehead atoms. The van der Waals surface area contributed by atoms with E-state index in [1.807, 2.05) is 6.07 Å². The van der Waals surface area contributed by atoms with Crippen LogP contribution in [0.15, 0.2) is 18.2 Å². The largest absolute Gasteiger partial charge is 0.497 e. The zero-order valence-electron chi connectivity index (χ0n) is 11.1. The molecule has 1 aromatic rings. The van der Waals surface area contributed by atoms with E-state index in [1.165, 1.54) is 43.5 Å². The van der Waals surface area contributed by atoms with Crippen molar-refractivity contribution in [2.75, 3.05) is 30.8 Å². The van der Waals surface area contributed by atoms with Gasteiger partial charge in [0.2, 0.25) is 0 Å². The van der Waals surface area contributed by atoms with Gasteiger partial charge in [0.15, 0.2) is 0 Å². The third-order valence-electron chi connectivity index (χ3n) is 4.45. The first-order valence-corrected chi connectivity index (χ1v) is 6.97. The Bertz CT molecular complexity index is 425. The predicted molar refractivity (Wildman–Crippen MR) is 75.5 cm³/mol. The molecule has 1 aliphatic carbocycles. The van der Waals surface area contributed by atoms with Crippen LogP contribution in [0.5, 0.6) is 5.75 Å². The van der Waals surface area contributed by atoms with E-state index in [1.54, 1.807) is 7.11 Å². The van der Waals surface area contributed by atoms with Gasteiger partial charge < -0.3 is 15.4 Å². The van der Waals surface area contributed by atoms with Crippen molar-refractivity contribution in [2.45, 2.75) is 32.1 Å². The molecular weight excluding hydrogens is 224 g/mol. The fourth-order valence-corrected chi connectivity index (χ4v) is 3.23. The maximum atomic E-state index is 5.29. The van der Waals surface area contributed by atoms with E-state index in [4.69, 9.17) is 4.74 Å². The zero-order chi connectivity index (χ0) is 12.4. The number of benzene rings is 1. The minimum Gasteiger partial charge on any atom is -0.497 e. The summed E-state index contributed by atoms with van der Waals surface area (Å²) in [5, 5.41) is 7.24. The molecule has 98 valence electrons. The minimum absolute atomic E-state index is 0.449. The Kier molecular flexibility index (Phi) is 3.06. The number of fused-ring (bicyclic) bond motifs is 1. The van der Waals surface area contributed by atoms with Crippen LogP contribution in [0.25, 0.3) is 0 Å². The minimum atomic E-state index is 0.449. The quantitative estimate of drug-likeness (QED) is 0.796. The topological polar surface area (TPSA) is 33.3 Å². The number of hydrogen-bond donors (Lipinski definition) is 2. The Morgan fingerprint density at radius 1 is 1.00 bits per heavy atom. The van der Waals surface area contributed by atoms with E-state index in [0.29, 0.717) is 5.41 Å².